The molecule has 0 saturated carbocycles. The molecule has 0 bridgehead atoms. The molecule has 4 aromatic rings. The van der Waals surface area contributed by atoms with Crippen LogP contribution in [0.2, 0.25) is 0 Å². The summed E-state index contributed by atoms with van der Waals surface area (Å²) in [4.78, 5) is 0. The molecule has 0 N–H and O–H groups in total. The van der Waals surface area contributed by atoms with Gasteiger partial charge in [-0.1, -0.05) is 42.1 Å². The molecule has 0 fully saturated rings. The highest BCUT2D eigenvalue weighted by molar-refractivity contribution is 7.98. The minimum Gasteiger partial charge on any atom is -0.497 e. The van der Waals surface area contributed by atoms with Crippen molar-refractivity contribution in [1.82, 2.24) is 25.0 Å². The number of ether oxygens (including phenoxy) is 1. The third kappa shape index (κ3) is 3.70. The summed E-state index contributed by atoms with van der Waals surface area (Å²) < 4.78 is 12.8. The molecule has 7 nitrogen and oxygen atoms in total. The van der Waals surface area contributed by atoms with Gasteiger partial charge in [0.25, 0.3) is 0 Å². The SMILES string of the molecule is COc1cccc(-c2nnc(SCc3nnc(C)o3)n2-c2ccccc2)c1. The largest absolute Gasteiger partial charge is 0.497 e. The van der Waals surface area contributed by atoms with Crippen LogP contribution in [0.25, 0.3) is 17.1 Å². The Hall–Kier alpha value is -3.13. The number of methoxy groups -OCH3 is 1. The van der Waals surface area contributed by atoms with Crippen LogP contribution in [0.5, 0.6) is 5.75 Å². The van der Waals surface area contributed by atoms with Crippen LogP contribution in [0.3, 0.4) is 0 Å². The molecule has 0 saturated heterocycles. The van der Waals surface area contributed by atoms with E-state index in [2.05, 4.69) is 20.4 Å². The summed E-state index contributed by atoms with van der Waals surface area (Å²) in [7, 11) is 1.65. The lowest BCUT2D eigenvalue weighted by molar-refractivity contribution is 0.415. The normalized spacial score (nSPS) is 10.9. The number of aromatic nitrogens is 5. The van der Waals surface area contributed by atoms with Crippen LogP contribution in [-0.2, 0) is 5.75 Å². The highest BCUT2D eigenvalue weighted by Gasteiger charge is 2.17. The highest BCUT2D eigenvalue weighted by Crippen LogP contribution is 2.30. The van der Waals surface area contributed by atoms with Crippen LogP contribution in [-0.4, -0.2) is 32.1 Å². The second-order valence-electron chi connectivity index (χ2n) is 5.71. The summed E-state index contributed by atoms with van der Waals surface area (Å²) in [5.74, 6) is 3.13. The van der Waals surface area contributed by atoms with Crippen molar-refractivity contribution in [2.24, 2.45) is 0 Å². The van der Waals surface area contributed by atoms with Gasteiger partial charge in [-0.2, -0.15) is 0 Å². The van der Waals surface area contributed by atoms with Crippen molar-refractivity contribution in [3.8, 4) is 22.8 Å². The molecule has 2 aromatic carbocycles. The van der Waals surface area contributed by atoms with E-state index in [0.29, 0.717) is 17.5 Å². The van der Waals surface area contributed by atoms with E-state index >= 15 is 0 Å². The van der Waals surface area contributed by atoms with Crippen LogP contribution >= 0.6 is 11.8 Å². The monoisotopic (exact) mass is 379 g/mol. The Morgan fingerprint density at radius 3 is 2.59 bits per heavy atom. The Kier molecular flexibility index (Phi) is 4.88. The lowest BCUT2D eigenvalue weighted by Crippen LogP contribution is -2.00. The molecule has 27 heavy (non-hydrogen) atoms. The number of hydrogen-bond donors (Lipinski definition) is 0. The van der Waals surface area contributed by atoms with Crippen molar-refractivity contribution in [2.45, 2.75) is 17.8 Å². The number of benzene rings is 2. The number of hydrogen-bond acceptors (Lipinski definition) is 7. The van der Waals surface area contributed by atoms with Gasteiger partial charge in [-0.15, -0.1) is 20.4 Å². The zero-order valence-corrected chi connectivity index (χ0v) is 15.7. The summed E-state index contributed by atoms with van der Waals surface area (Å²) in [6.07, 6.45) is 0. The Balaban J connectivity index is 1.74. The van der Waals surface area contributed by atoms with E-state index in [9.17, 15) is 0 Å². The number of para-hydroxylation sites is 1. The fraction of sp³-hybridized carbons (Fsp3) is 0.158. The van der Waals surface area contributed by atoms with Gasteiger partial charge in [-0.25, -0.2) is 0 Å². The highest BCUT2D eigenvalue weighted by atomic mass is 32.2. The topological polar surface area (TPSA) is 78.9 Å². The molecule has 0 unspecified atom stereocenters. The van der Waals surface area contributed by atoms with Crippen molar-refractivity contribution >= 4 is 11.8 Å². The van der Waals surface area contributed by atoms with Gasteiger partial charge in [0.2, 0.25) is 11.8 Å². The van der Waals surface area contributed by atoms with Gasteiger partial charge >= 0.3 is 0 Å². The van der Waals surface area contributed by atoms with Gasteiger partial charge in [0.15, 0.2) is 11.0 Å². The molecule has 4 rings (SSSR count). The molecule has 2 heterocycles. The van der Waals surface area contributed by atoms with Crippen molar-refractivity contribution < 1.29 is 9.15 Å². The van der Waals surface area contributed by atoms with Gasteiger partial charge in [-0.05, 0) is 24.3 Å². The average molecular weight is 379 g/mol. The predicted molar refractivity (Wildman–Crippen MR) is 102 cm³/mol. The molecular weight excluding hydrogens is 362 g/mol. The van der Waals surface area contributed by atoms with Crippen LogP contribution in [0.4, 0.5) is 0 Å². The molecule has 0 radical (unpaired) electrons. The number of aryl methyl sites for hydroxylation is 1. The van der Waals surface area contributed by atoms with Gasteiger partial charge < -0.3 is 9.15 Å². The molecule has 0 aliphatic heterocycles. The molecule has 2 aromatic heterocycles. The van der Waals surface area contributed by atoms with E-state index in [-0.39, 0.29) is 0 Å². The van der Waals surface area contributed by atoms with Gasteiger partial charge in [0.05, 0.1) is 12.9 Å². The maximum atomic E-state index is 5.46. The van der Waals surface area contributed by atoms with Crippen molar-refractivity contribution in [3.63, 3.8) is 0 Å². The van der Waals surface area contributed by atoms with Crippen LogP contribution in [0.1, 0.15) is 11.8 Å². The Morgan fingerprint density at radius 2 is 1.85 bits per heavy atom. The Labute approximate surface area is 160 Å². The molecule has 0 spiro atoms. The Morgan fingerprint density at radius 1 is 1.00 bits per heavy atom. The van der Waals surface area contributed by atoms with Crippen molar-refractivity contribution in [2.75, 3.05) is 7.11 Å². The van der Waals surface area contributed by atoms with Crippen LogP contribution in [0, 0.1) is 6.92 Å². The van der Waals surface area contributed by atoms with E-state index in [1.54, 1.807) is 14.0 Å². The maximum absolute atomic E-state index is 5.46. The first-order valence-corrected chi connectivity index (χ1v) is 9.30. The van der Waals surface area contributed by atoms with Gasteiger partial charge in [0, 0.05) is 18.2 Å². The van der Waals surface area contributed by atoms with E-state index in [0.717, 1.165) is 28.0 Å². The van der Waals surface area contributed by atoms with E-state index < -0.39 is 0 Å². The standard InChI is InChI=1S/C19H17N5O2S/c1-13-20-21-17(26-13)12-27-19-23-22-18(14-7-6-10-16(11-14)25-2)24(19)15-8-4-3-5-9-15/h3-11H,12H2,1-2H3. The minimum absolute atomic E-state index is 0.518. The molecule has 0 atom stereocenters. The third-order valence-corrected chi connectivity index (χ3v) is 4.78. The summed E-state index contributed by atoms with van der Waals surface area (Å²) in [5, 5.41) is 17.5. The van der Waals surface area contributed by atoms with Crippen LogP contribution in [0.15, 0.2) is 64.2 Å². The summed E-state index contributed by atoms with van der Waals surface area (Å²) in [5.41, 5.74) is 1.90. The first-order chi connectivity index (χ1) is 13.2. The molecular formula is C19H17N5O2S. The molecule has 136 valence electrons. The van der Waals surface area contributed by atoms with Crippen LogP contribution < -0.4 is 4.74 Å². The molecule has 8 heteroatoms. The van der Waals surface area contributed by atoms with Gasteiger partial charge in [-0.3, -0.25) is 4.57 Å². The van der Waals surface area contributed by atoms with Crippen molar-refractivity contribution in [1.29, 1.82) is 0 Å². The second kappa shape index (κ2) is 7.63. The average Bonchev–Trinajstić information content (AvgIpc) is 3.33. The number of rotatable bonds is 6. The lowest BCUT2D eigenvalue weighted by Gasteiger charge is -2.10. The zero-order chi connectivity index (χ0) is 18.6. The predicted octanol–water partition coefficient (Wildman–Crippen LogP) is 3.93. The summed E-state index contributed by atoms with van der Waals surface area (Å²) in [6.45, 7) is 1.77. The Bertz CT molecular complexity index is 1050. The molecule has 0 aliphatic carbocycles. The summed E-state index contributed by atoms with van der Waals surface area (Å²) >= 11 is 1.50. The van der Waals surface area contributed by atoms with E-state index in [4.69, 9.17) is 9.15 Å². The zero-order valence-electron chi connectivity index (χ0n) is 14.9. The van der Waals surface area contributed by atoms with E-state index in [1.165, 1.54) is 11.8 Å². The quantitative estimate of drug-likeness (QED) is 0.470. The third-order valence-electron chi connectivity index (χ3n) is 3.87. The van der Waals surface area contributed by atoms with Gasteiger partial charge in [0.1, 0.15) is 5.75 Å². The summed E-state index contributed by atoms with van der Waals surface area (Å²) in [6, 6.07) is 17.8. The smallest absolute Gasteiger partial charge is 0.226 e. The fourth-order valence-corrected chi connectivity index (χ4v) is 3.43. The molecule has 0 aliphatic rings. The maximum Gasteiger partial charge on any atom is 0.226 e. The second-order valence-corrected chi connectivity index (χ2v) is 6.66. The van der Waals surface area contributed by atoms with E-state index in [1.807, 2.05) is 59.2 Å². The number of thioether (sulfide) groups is 1. The fourth-order valence-electron chi connectivity index (χ4n) is 2.64. The number of nitrogens with zero attached hydrogens (tertiary/aromatic N) is 5. The molecule has 0 amide bonds. The van der Waals surface area contributed by atoms with Crippen molar-refractivity contribution in [3.05, 3.63) is 66.4 Å². The first kappa shape index (κ1) is 17.3. The lowest BCUT2D eigenvalue weighted by atomic mass is 10.2. The minimum atomic E-state index is 0.518. The first-order valence-electron chi connectivity index (χ1n) is 8.31.